The molecule has 1 saturated carbocycles. The van der Waals surface area contributed by atoms with Crippen LogP contribution in [0.4, 0.5) is 0 Å². The Morgan fingerprint density at radius 1 is 1.18 bits per heavy atom. The van der Waals surface area contributed by atoms with Crippen molar-refractivity contribution in [2.24, 2.45) is 11.8 Å². The van der Waals surface area contributed by atoms with E-state index < -0.39 is 12.1 Å². The van der Waals surface area contributed by atoms with Crippen LogP contribution in [0.1, 0.15) is 45.6 Å². The van der Waals surface area contributed by atoms with Crippen LogP contribution < -0.4 is 14.8 Å². The highest BCUT2D eigenvalue weighted by atomic mass is 16.5. The molecule has 28 heavy (non-hydrogen) atoms. The van der Waals surface area contributed by atoms with E-state index in [1.807, 2.05) is 0 Å². The molecule has 0 aromatic heterocycles. The van der Waals surface area contributed by atoms with Gasteiger partial charge in [-0.1, -0.05) is 26.7 Å². The Kier molecular flexibility index (Phi) is 7.91. The van der Waals surface area contributed by atoms with Gasteiger partial charge < -0.3 is 19.5 Å². The zero-order valence-electron chi connectivity index (χ0n) is 17.4. The zero-order valence-corrected chi connectivity index (χ0v) is 17.4. The average Bonchev–Trinajstić information content (AvgIpc) is 2.69. The molecule has 0 spiro atoms. The number of amides is 1. The normalized spacial score (nSPS) is 23.1. The van der Waals surface area contributed by atoms with Gasteiger partial charge in [0.15, 0.2) is 6.10 Å². The molecule has 1 amide bonds. The summed E-state index contributed by atoms with van der Waals surface area (Å²) in [5.74, 6) is 1.41. The summed E-state index contributed by atoms with van der Waals surface area (Å²) in [5.41, 5.74) is 0.711. The quantitative estimate of drug-likeness (QED) is 0.570. The van der Waals surface area contributed by atoms with E-state index >= 15 is 0 Å². The minimum absolute atomic E-state index is 0.136. The Hall–Kier alpha value is -2.50. The van der Waals surface area contributed by atoms with Crippen LogP contribution in [0, 0.1) is 11.8 Å². The molecule has 0 bridgehead atoms. The van der Waals surface area contributed by atoms with Gasteiger partial charge in [-0.15, -0.1) is 0 Å². The average molecular weight is 389 g/mol. The van der Waals surface area contributed by atoms with Crippen molar-refractivity contribution in [2.75, 3.05) is 14.2 Å². The molecule has 4 atom stereocenters. The maximum absolute atomic E-state index is 12.4. The van der Waals surface area contributed by atoms with E-state index in [0.29, 0.717) is 28.9 Å². The Morgan fingerprint density at radius 3 is 2.61 bits per heavy atom. The summed E-state index contributed by atoms with van der Waals surface area (Å²) in [6.07, 6.45) is 5.30. The molecule has 1 fully saturated rings. The zero-order chi connectivity index (χ0) is 20.7. The van der Waals surface area contributed by atoms with Crippen LogP contribution in [0.15, 0.2) is 24.3 Å². The summed E-state index contributed by atoms with van der Waals surface area (Å²) >= 11 is 0. The maximum atomic E-state index is 12.4. The number of hydrogen-bond acceptors (Lipinski definition) is 5. The van der Waals surface area contributed by atoms with E-state index in [2.05, 4.69) is 19.2 Å². The molecule has 154 valence electrons. The van der Waals surface area contributed by atoms with Crippen molar-refractivity contribution in [2.45, 2.75) is 52.2 Å². The van der Waals surface area contributed by atoms with Crippen molar-refractivity contribution in [1.29, 1.82) is 0 Å². The first-order valence-corrected chi connectivity index (χ1v) is 9.76. The molecule has 0 heterocycles. The lowest BCUT2D eigenvalue weighted by atomic mass is 9.78. The molecule has 6 heteroatoms. The topological polar surface area (TPSA) is 73.9 Å². The van der Waals surface area contributed by atoms with Crippen molar-refractivity contribution in [3.63, 3.8) is 0 Å². The van der Waals surface area contributed by atoms with Gasteiger partial charge in [0.05, 0.1) is 14.2 Å². The third-order valence-corrected chi connectivity index (χ3v) is 5.54. The van der Waals surface area contributed by atoms with Gasteiger partial charge in [0.25, 0.3) is 5.91 Å². The second kappa shape index (κ2) is 10.2. The molecule has 1 aliphatic carbocycles. The molecule has 0 unspecified atom stereocenters. The Labute approximate surface area is 167 Å². The van der Waals surface area contributed by atoms with Crippen LogP contribution in [-0.2, 0) is 14.3 Å². The lowest BCUT2D eigenvalue weighted by Gasteiger charge is -2.35. The van der Waals surface area contributed by atoms with Crippen LogP contribution >= 0.6 is 0 Å². The van der Waals surface area contributed by atoms with Gasteiger partial charge in [-0.2, -0.15) is 0 Å². The third kappa shape index (κ3) is 5.75. The maximum Gasteiger partial charge on any atom is 0.331 e. The van der Waals surface area contributed by atoms with E-state index in [9.17, 15) is 9.59 Å². The van der Waals surface area contributed by atoms with E-state index in [-0.39, 0.29) is 11.9 Å². The fourth-order valence-electron chi connectivity index (χ4n) is 3.47. The minimum Gasteiger partial charge on any atom is -0.497 e. The van der Waals surface area contributed by atoms with E-state index in [1.54, 1.807) is 45.4 Å². The van der Waals surface area contributed by atoms with Crippen molar-refractivity contribution in [1.82, 2.24) is 5.32 Å². The number of carbonyl (C=O) groups is 2. The number of nitrogens with one attached hydrogen (secondary N) is 1. The highest BCUT2D eigenvalue weighted by Crippen LogP contribution is 2.29. The van der Waals surface area contributed by atoms with Crippen LogP contribution in [0.5, 0.6) is 11.5 Å². The Balaban J connectivity index is 1.91. The van der Waals surface area contributed by atoms with Gasteiger partial charge >= 0.3 is 5.97 Å². The molecule has 0 saturated heterocycles. The smallest absolute Gasteiger partial charge is 0.331 e. The Bertz CT molecular complexity index is 715. The fraction of sp³-hybridized carbons (Fsp3) is 0.545. The summed E-state index contributed by atoms with van der Waals surface area (Å²) in [4.78, 5) is 24.5. The van der Waals surface area contributed by atoms with Crippen LogP contribution in [-0.4, -0.2) is 38.2 Å². The van der Waals surface area contributed by atoms with Gasteiger partial charge in [0.1, 0.15) is 11.5 Å². The number of carbonyl (C=O) groups excluding carboxylic acids is 2. The summed E-state index contributed by atoms with van der Waals surface area (Å²) in [7, 11) is 3.12. The van der Waals surface area contributed by atoms with E-state index in [1.165, 1.54) is 12.5 Å². The number of hydrogen-bond donors (Lipinski definition) is 1. The molecule has 1 aromatic rings. The monoisotopic (exact) mass is 389 g/mol. The highest BCUT2D eigenvalue weighted by Gasteiger charge is 2.29. The predicted molar refractivity (Wildman–Crippen MR) is 108 cm³/mol. The molecule has 1 aliphatic rings. The number of benzene rings is 1. The first-order chi connectivity index (χ1) is 13.3. The summed E-state index contributed by atoms with van der Waals surface area (Å²) < 4.78 is 15.7. The molecule has 1 aromatic carbocycles. The van der Waals surface area contributed by atoms with Gasteiger partial charge in [0, 0.05) is 23.7 Å². The van der Waals surface area contributed by atoms with Crippen LogP contribution in [0.2, 0.25) is 0 Å². The van der Waals surface area contributed by atoms with Gasteiger partial charge in [-0.3, -0.25) is 4.79 Å². The molecule has 0 radical (unpaired) electrons. The molecule has 2 rings (SSSR count). The van der Waals surface area contributed by atoms with Crippen molar-refractivity contribution < 1.29 is 23.8 Å². The minimum atomic E-state index is -0.848. The number of rotatable bonds is 7. The lowest BCUT2D eigenvalue weighted by Crippen LogP contribution is -2.47. The first kappa shape index (κ1) is 21.8. The third-order valence-electron chi connectivity index (χ3n) is 5.54. The second-order valence-corrected chi connectivity index (χ2v) is 7.40. The fourth-order valence-corrected chi connectivity index (χ4v) is 3.47. The standard InChI is InChI=1S/C22H31NO5/c1-14-7-6-8-19(15(14)2)23-22(25)16(3)28-21(24)12-10-17-9-11-18(26-4)13-20(17)27-5/h9-16,19H,6-8H2,1-5H3,(H,23,25)/b12-10+/t14-,15-,16-,19-/m1/s1. The lowest BCUT2D eigenvalue weighted by molar-refractivity contribution is -0.150. The number of methoxy groups -OCH3 is 2. The second-order valence-electron chi connectivity index (χ2n) is 7.40. The molecular weight excluding hydrogens is 358 g/mol. The molecule has 6 nitrogen and oxygen atoms in total. The SMILES string of the molecule is COc1ccc(/C=C/C(=O)O[C@H](C)C(=O)N[C@@H]2CCC[C@@H](C)[C@H]2C)c(OC)c1. The van der Waals surface area contributed by atoms with Crippen LogP contribution in [0.25, 0.3) is 6.08 Å². The van der Waals surface area contributed by atoms with E-state index in [4.69, 9.17) is 14.2 Å². The van der Waals surface area contributed by atoms with E-state index in [0.717, 1.165) is 12.8 Å². The summed E-state index contributed by atoms with van der Waals surface area (Å²) in [6.45, 7) is 5.97. The van der Waals surface area contributed by atoms with Crippen molar-refractivity contribution in [3.05, 3.63) is 29.8 Å². The largest absolute Gasteiger partial charge is 0.497 e. The van der Waals surface area contributed by atoms with Crippen molar-refractivity contribution >= 4 is 18.0 Å². The van der Waals surface area contributed by atoms with Gasteiger partial charge in [0.2, 0.25) is 0 Å². The molecular formula is C22H31NO5. The Morgan fingerprint density at radius 2 is 1.93 bits per heavy atom. The van der Waals surface area contributed by atoms with Crippen LogP contribution in [0.3, 0.4) is 0 Å². The molecule has 0 aliphatic heterocycles. The summed E-state index contributed by atoms with van der Waals surface area (Å²) in [5, 5.41) is 3.03. The predicted octanol–water partition coefficient (Wildman–Crippen LogP) is 3.59. The van der Waals surface area contributed by atoms with Crippen molar-refractivity contribution in [3.8, 4) is 11.5 Å². The number of ether oxygens (including phenoxy) is 3. The molecule has 1 N–H and O–H groups in total. The highest BCUT2D eigenvalue weighted by molar-refractivity contribution is 5.90. The first-order valence-electron chi connectivity index (χ1n) is 9.76. The summed E-state index contributed by atoms with van der Waals surface area (Å²) in [6, 6.07) is 5.42. The van der Waals surface area contributed by atoms with Gasteiger partial charge in [-0.05, 0) is 43.4 Å². The van der Waals surface area contributed by atoms with Gasteiger partial charge in [-0.25, -0.2) is 4.79 Å². The number of esters is 1.